The smallest absolute Gasteiger partial charge is 0.327 e. The minimum absolute atomic E-state index is 0. The number of unbranched alkanes of at least 4 members (excludes halogenated alkanes) is 10. The van der Waals surface area contributed by atoms with Crippen molar-refractivity contribution in [1.29, 1.82) is 0 Å². The van der Waals surface area contributed by atoms with Crippen LogP contribution in [0.5, 0.6) is 0 Å². The largest absolute Gasteiger partial charge is 0.466 e. The molecule has 0 spiro atoms. The summed E-state index contributed by atoms with van der Waals surface area (Å²) >= 11 is 0. The van der Waals surface area contributed by atoms with Gasteiger partial charge in [-0.2, -0.15) is 8.42 Å². The molecular weight excluding hydrogens is 448 g/mol. The molecule has 1 radical (unpaired) electrons. The number of ether oxygens (including phenoxy) is 2. The molecule has 1 N–H and O–H groups in total. The van der Waals surface area contributed by atoms with E-state index in [2.05, 4.69) is 13.8 Å². The van der Waals surface area contributed by atoms with Crippen LogP contribution in [0.4, 0.5) is 0 Å². The zero-order chi connectivity index (χ0) is 21.3. The molecule has 29 heavy (non-hydrogen) atoms. The van der Waals surface area contributed by atoms with Crippen molar-refractivity contribution in [2.45, 2.75) is 103 Å². The molecule has 0 aliphatic heterocycles. The Bertz CT molecular complexity index is 523. The fourth-order valence-electron chi connectivity index (χ4n) is 2.74. The average molecular weight is 486 g/mol. The van der Waals surface area contributed by atoms with Crippen LogP contribution in [0.25, 0.3) is 0 Å². The van der Waals surface area contributed by atoms with Gasteiger partial charge < -0.3 is 9.47 Å². The number of hydrogen-bond acceptors (Lipinski definition) is 6. The van der Waals surface area contributed by atoms with E-state index in [4.69, 9.17) is 9.47 Å². The van der Waals surface area contributed by atoms with Gasteiger partial charge in [0, 0.05) is 17.1 Å². The molecule has 0 bridgehead atoms. The van der Waals surface area contributed by atoms with E-state index in [9.17, 15) is 22.6 Å². The summed E-state index contributed by atoms with van der Waals surface area (Å²) in [6, 6.07) is 0. The van der Waals surface area contributed by atoms with E-state index >= 15 is 0 Å². The van der Waals surface area contributed by atoms with Gasteiger partial charge in [0.15, 0.2) is 5.25 Å². The van der Waals surface area contributed by atoms with Crippen LogP contribution in [-0.2, 0) is 46.2 Å². The number of rotatable bonds is 18. The molecule has 0 aromatic heterocycles. The summed E-state index contributed by atoms with van der Waals surface area (Å²) in [5.74, 6) is -1.93. The number of esters is 2. The normalized spacial score (nSPS) is 12.1. The van der Waals surface area contributed by atoms with Gasteiger partial charge in [-0.1, -0.05) is 78.1 Å². The second-order valence-electron chi connectivity index (χ2n) is 7.13. The fraction of sp³-hybridized carbons (Fsp3) is 0.900. The van der Waals surface area contributed by atoms with Gasteiger partial charge in [0.25, 0.3) is 10.1 Å². The average Bonchev–Trinajstić information content (AvgIpc) is 2.63. The van der Waals surface area contributed by atoms with Crippen molar-refractivity contribution in [3.8, 4) is 0 Å². The summed E-state index contributed by atoms with van der Waals surface area (Å²) in [7, 11) is -4.73. The van der Waals surface area contributed by atoms with E-state index in [1.54, 1.807) is 0 Å². The Morgan fingerprint density at radius 3 is 1.62 bits per heavy atom. The van der Waals surface area contributed by atoms with Crippen LogP contribution >= 0.6 is 0 Å². The van der Waals surface area contributed by atoms with Gasteiger partial charge in [-0.25, -0.2) is 0 Å². The molecule has 0 aromatic carbocycles. The minimum atomic E-state index is -4.73. The monoisotopic (exact) mass is 485 g/mol. The molecule has 0 fully saturated rings. The first-order chi connectivity index (χ1) is 13.3. The van der Waals surface area contributed by atoms with Crippen molar-refractivity contribution in [2.24, 2.45) is 0 Å². The maximum absolute atomic E-state index is 12.0. The van der Waals surface area contributed by atoms with Crippen molar-refractivity contribution < 1.29 is 49.1 Å². The van der Waals surface area contributed by atoms with E-state index < -0.39 is 33.7 Å². The maximum Gasteiger partial charge on any atom is 0.327 e. The van der Waals surface area contributed by atoms with Gasteiger partial charge in [-0.15, -0.1) is 0 Å². The van der Waals surface area contributed by atoms with E-state index in [-0.39, 0.29) is 30.3 Å². The van der Waals surface area contributed by atoms with Crippen LogP contribution in [0.3, 0.4) is 0 Å². The Hall–Kier alpha value is -0.631. The van der Waals surface area contributed by atoms with Gasteiger partial charge in [0.1, 0.15) is 0 Å². The first-order valence-electron chi connectivity index (χ1n) is 10.6. The van der Waals surface area contributed by atoms with Gasteiger partial charge >= 0.3 is 11.9 Å². The van der Waals surface area contributed by atoms with Crippen molar-refractivity contribution in [2.75, 3.05) is 13.2 Å². The molecule has 0 amide bonds. The molecule has 177 valence electrons. The second-order valence-corrected chi connectivity index (χ2v) is 8.73. The summed E-state index contributed by atoms with van der Waals surface area (Å²) in [6.07, 6.45) is 11.3. The Morgan fingerprint density at radius 1 is 0.759 bits per heavy atom. The SMILES string of the molecule is CCCCCCCCOC(=O)CC(C(=O)OCCCCCCCC)S(=O)(=O)O.[Cu]. The fourth-order valence-corrected chi connectivity index (χ4v) is 3.39. The summed E-state index contributed by atoms with van der Waals surface area (Å²) in [6.45, 7) is 4.50. The molecule has 7 nitrogen and oxygen atoms in total. The van der Waals surface area contributed by atoms with Crippen molar-refractivity contribution in [1.82, 2.24) is 0 Å². The summed E-state index contributed by atoms with van der Waals surface area (Å²) in [5.41, 5.74) is 0. The first-order valence-corrected chi connectivity index (χ1v) is 12.1. The molecule has 9 heteroatoms. The number of carbonyl (C=O) groups is 2. The Labute approximate surface area is 186 Å². The molecule has 0 saturated carbocycles. The van der Waals surface area contributed by atoms with Gasteiger partial charge in [-0.05, 0) is 12.8 Å². The van der Waals surface area contributed by atoms with Crippen molar-refractivity contribution in [3.63, 3.8) is 0 Å². The first kappa shape index (κ1) is 30.6. The Morgan fingerprint density at radius 2 is 1.17 bits per heavy atom. The standard InChI is InChI=1S/C20H38O7S.Cu/c1-3-5-7-9-11-13-15-26-19(21)17-18(28(23,24)25)20(22)27-16-14-12-10-8-6-4-2;/h18H,3-17H2,1-2H3,(H,23,24,25);. The summed E-state index contributed by atoms with van der Waals surface area (Å²) < 4.78 is 42.0. The predicted octanol–water partition coefficient (Wildman–Crippen LogP) is 4.44. The molecule has 0 rings (SSSR count). The number of carbonyl (C=O) groups excluding carboxylic acids is 2. The molecule has 0 heterocycles. The molecule has 0 saturated heterocycles. The van der Waals surface area contributed by atoms with Crippen LogP contribution in [0.1, 0.15) is 97.3 Å². The van der Waals surface area contributed by atoms with E-state index in [0.717, 1.165) is 57.8 Å². The summed E-state index contributed by atoms with van der Waals surface area (Å²) in [5, 5.41) is -1.93. The van der Waals surface area contributed by atoms with Crippen LogP contribution in [-0.4, -0.2) is 43.4 Å². The zero-order valence-electron chi connectivity index (χ0n) is 17.8. The molecule has 0 aliphatic carbocycles. The van der Waals surface area contributed by atoms with Gasteiger partial charge in [0.05, 0.1) is 19.6 Å². The van der Waals surface area contributed by atoms with E-state index in [1.807, 2.05) is 0 Å². The Kier molecular flexibility index (Phi) is 20.4. The van der Waals surface area contributed by atoms with Crippen molar-refractivity contribution in [3.05, 3.63) is 0 Å². The zero-order valence-corrected chi connectivity index (χ0v) is 19.5. The van der Waals surface area contributed by atoms with Crippen LogP contribution in [0.2, 0.25) is 0 Å². The molecule has 1 atom stereocenters. The second kappa shape index (κ2) is 19.3. The third kappa shape index (κ3) is 17.9. The van der Waals surface area contributed by atoms with Crippen LogP contribution in [0.15, 0.2) is 0 Å². The maximum atomic E-state index is 12.0. The molecule has 0 aliphatic rings. The van der Waals surface area contributed by atoms with Gasteiger partial charge in [-0.3, -0.25) is 14.1 Å². The van der Waals surface area contributed by atoms with E-state index in [1.165, 1.54) is 6.42 Å². The van der Waals surface area contributed by atoms with Gasteiger partial charge in [0.2, 0.25) is 0 Å². The van der Waals surface area contributed by atoms with Crippen molar-refractivity contribution >= 4 is 22.1 Å². The van der Waals surface area contributed by atoms with Crippen LogP contribution in [0, 0.1) is 0 Å². The van der Waals surface area contributed by atoms with E-state index in [0.29, 0.717) is 12.8 Å². The predicted molar refractivity (Wildman–Crippen MR) is 109 cm³/mol. The Balaban J connectivity index is 0. The molecule has 1 unspecified atom stereocenters. The quantitative estimate of drug-likeness (QED) is 0.132. The molecular formula is C20H38CuO7S. The van der Waals surface area contributed by atoms with Crippen LogP contribution < -0.4 is 0 Å². The molecule has 0 aromatic rings. The third-order valence-electron chi connectivity index (χ3n) is 4.48. The minimum Gasteiger partial charge on any atom is -0.466 e. The number of hydrogen-bond donors (Lipinski definition) is 1. The topological polar surface area (TPSA) is 107 Å². The third-order valence-corrected chi connectivity index (χ3v) is 5.56. The summed E-state index contributed by atoms with van der Waals surface area (Å²) in [4.78, 5) is 23.8.